The van der Waals surface area contributed by atoms with Crippen LogP contribution >= 0.6 is 12.2 Å². The summed E-state index contributed by atoms with van der Waals surface area (Å²) in [6.45, 7) is 4.14. The summed E-state index contributed by atoms with van der Waals surface area (Å²) >= 11 is 5.48. The summed E-state index contributed by atoms with van der Waals surface area (Å²) in [6, 6.07) is 12.4. The van der Waals surface area contributed by atoms with Crippen molar-refractivity contribution in [2.45, 2.75) is 13.8 Å². The molecule has 0 aliphatic heterocycles. The van der Waals surface area contributed by atoms with E-state index in [1.165, 1.54) is 11.1 Å². The number of nitrogens with one attached hydrogen (secondary N) is 1. The number of rotatable bonds is 2. The zero-order valence-electron chi connectivity index (χ0n) is 11.7. The van der Waals surface area contributed by atoms with Gasteiger partial charge in [0, 0.05) is 0 Å². The van der Waals surface area contributed by atoms with E-state index in [0.29, 0.717) is 4.77 Å². The van der Waals surface area contributed by atoms with Crippen LogP contribution in [0.4, 0.5) is 0 Å². The summed E-state index contributed by atoms with van der Waals surface area (Å²) in [5.41, 5.74) is 5.44. The first kappa shape index (κ1) is 12.9. The number of imidazole rings is 1. The quantitative estimate of drug-likeness (QED) is 0.710. The SMILES string of the molecule is COc1ccc(C)cc1-n1c(=S)[nH]c2ccc(C)cc21. The van der Waals surface area contributed by atoms with Crippen LogP contribution in [0.25, 0.3) is 16.7 Å². The Hall–Kier alpha value is -2.07. The maximum Gasteiger partial charge on any atom is 0.182 e. The normalized spacial score (nSPS) is 10.9. The fourth-order valence-electron chi connectivity index (χ4n) is 2.43. The van der Waals surface area contributed by atoms with E-state index >= 15 is 0 Å². The van der Waals surface area contributed by atoms with E-state index in [-0.39, 0.29) is 0 Å². The molecule has 1 aromatic heterocycles. The average molecular weight is 284 g/mol. The molecule has 3 rings (SSSR count). The molecule has 20 heavy (non-hydrogen) atoms. The Kier molecular flexibility index (Phi) is 3.10. The van der Waals surface area contributed by atoms with Crippen molar-refractivity contribution in [3.63, 3.8) is 0 Å². The Morgan fingerprint density at radius 1 is 1.05 bits per heavy atom. The zero-order valence-corrected chi connectivity index (χ0v) is 12.5. The summed E-state index contributed by atoms with van der Waals surface area (Å²) in [4.78, 5) is 3.25. The second-order valence-electron chi connectivity index (χ2n) is 4.96. The molecule has 2 aromatic carbocycles. The number of H-pyrrole nitrogens is 1. The molecule has 0 atom stereocenters. The molecule has 0 aliphatic carbocycles. The Labute approximate surface area is 122 Å². The first-order valence-corrected chi connectivity index (χ1v) is 6.87. The van der Waals surface area contributed by atoms with E-state index in [1.54, 1.807) is 7.11 Å². The first-order valence-electron chi connectivity index (χ1n) is 6.46. The number of hydrogen-bond donors (Lipinski definition) is 1. The fourth-order valence-corrected chi connectivity index (χ4v) is 2.73. The third-order valence-corrected chi connectivity index (χ3v) is 3.70. The van der Waals surface area contributed by atoms with Crippen LogP contribution in [0.2, 0.25) is 0 Å². The topological polar surface area (TPSA) is 29.9 Å². The molecular weight excluding hydrogens is 268 g/mol. The molecule has 1 N–H and O–H groups in total. The number of aromatic nitrogens is 2. The molecule has 1 heterocycles. The summed E-state index contributed by atoms with van der Waals surface area (Å²) in [7, 11) is 1.68. The molecule has 0 radical (unpaired) electrons. The van der Waals surface area contributed by atoms with Crippen LogP contribution in [0.1, 0.15) is 11.1 Å². The van der Waals surface area contributed by atoms with Gasteiger partial charge in [0.1, 0.15) is 5.75 Å². The van der Waals surface area contributed by atoms with Crippen molar-refractivity contribution >= 4 is 23.3 Å². The van der Waals surface area contributed by atoms with E-state index in [9.17, 15) is 0 Å². The van der Waals surface area contributed by atoms with Gasteiger partial charge in [0.15, 0.2) is 4.77 Å². The summed E-state index contributed by atoms with van der Waals surface area (Å²) in [5.74, 6) is 0.814. The van der Waals surface area contributed by atoms with Gasteiger partial charge < -0.3 is 9.72 Å². The van der Waals surface area contributed by atoms with Crippen LogP contribution in [0.15, 0.2) is 36.4 Å². The molecule has 0 fully saturated rings. The van der Waals surface area contributed by atoms with Crippen LogP contribution in [0, 0.1) is 18.6 Å². The number of aryl methyl sites for hydroxylation is 2. The van der Waals surface area contributed by atoms with Gasteiger partial charge in [-0.1, -0.05) is 12.1 Å². The maximum atomic E-state index is 5.48. The molecule has 3 nitrogen and oxygen atoms in total. The van der Waals surface area contributed by atoms with Gasteiger partial charge >= 0.3 is 0 Å². The van der Waals surface area contributed by atoms with Gasteiger partial charge in [-0.2, -0.15) is 0 Å². The predicted octanol–water partition coefficient (Wildman–Crippen LogP) is 4.31. The van der Waals surface area contributed by atoms with Crippen molar-refractivity contribution in [3.05, 3.63) is 52.3 Å². The van der Waals surface area contributed by atoms with Gasteiger partial charge in [-0.25, -0.2) is 0 Å². The maximum absolute atomic E-state index is 5.48. The van der Waals surface area contributed by atoms with Crippen LogP contribution < -0.4 is 4.74 Å². The number of ether oxygens (including phenoxy) is 1. The smallest absolute Gasteiger partial charge is 0.182 e. The predicted molar refractivity (Wildman–Crippen MR) is 84.5 cm³/mol. The highest BCUT2D eigenvalue weighted by atomic mass is 32.1. The molecule has 102 valence electrons. The van der Waals surface area contributed by atoms with Gasteiger partial charge in [0.25, 0.3) is 0 Å². The first-order chi connectivity index (χ1) is 9.60. The number of hydrogen-bond acceptors (Lipinski definition) is 2. The second-order valence-corrected chi connectivity index (χ2v) is 5.35. The number of benzene rings is 2. The highest BCUT2D eigenvalue weighted by Gasteiger charge is 2.11. The van der Waals surface area contributed by atoms with Crippen molar-refractivity contribution in [2.75, 3.05) is 7.11 Å². The highest BCUT2D eigenvalue weighted by molar-refractivity contribution is 7.71. The molecule has 0 bridgehead atoms. The highest BCUT2D eigenvalue weighted by Crippen LogP contribution is 2.28. The molecule has 0 saturated carbocycles. The fraction of sp³-hybridized carbons (Fsp3) is 0.188. The van der Waals surface area contributed by atoms with Gasteiger partial charge in [0.05, 0.1) is 23.8 Å². The molecule has 0 amide bonds. The lowest BCUT2D eigenvalue weighted by atomic mass is 10.2. The van der Waals surface area contributed by atoms with Gasteiger partial charge in [0.2, 0.25) is 0 Å². The van der Waals surface area contributed by atoms with Crippen LogP contribution in [-0.2, 0) is 0 Å². The van der Waals surface area contributed by atoms with Gasteiger partial charge in [-0.3, -0.25) is 4.57 Å². The summed E-state index contributed by atoms with van der Waals surface area (Å²) < 4.78 is 8.18. The number of nitrogens with zero attached hydrogens (tertiary/aromatic N) is 1. The van der Waals surface area contributed by atoms with E-state index < -0.39 is 0 Å². The monoisotopic (exact) mass is 284 g/mol. The zero-order chi connectivity index (χ0) is 14.3. The minimum Gasteiger partial charge on any atom is -0.495 e. The lowest BCUT2D eigenvalue weighted by molar-refractivity contribution is 0.413. The Morgan fingerprint density at radius 2 is 1.75 bits per heavy atom. The van der Waals surface area contributed by atoms with E-state index in [2.05, 4.69) is 43.1 Å². The molecule has 0 aliphatic rings. The van der Waals surface area contributed by atoms with E-state index in [4.69, 9.17) is 17.0 Å². The van der Waals surface area contributed by atoms with E-state index in [1.807, 2.05) is 16.7 Å². The largest absolute Gasteiger partial charge is 0.495 e. The Morgan fingerprint density at radius 3 is 2.50 bits per heavy atom. The lowest BCUT2D eigenvalue weighted by Crippen LogP contribution is -1.99. The minimum absolute atomic E-state index is 0.675. The standard InChI is InChI=1S/C16H16N2OS/c1-10-4-6-12-13(8-10)18(16(20)17-12)14-9-11(2)5-7-15(14)19-3/h4-9H,1-3H3,(H,17,20). The average Bonchev–Trinajstić information content (AvgIpc) is 2.74. The van der Waals surface area contributed by atoms with Crippen molar-refractivity contribution in [1.29, 1.82) is 0 Å². The molecule has 3 aromatic rings. The van der Waals surface area contributed by atoms with Crippen LogP contribution in [-0.4, -0.2) is 16.7 Å². The third-order valence-electron chi connectivity index (χ3n) is 3.41. The Bertz CT molecular complexity index is 845. The van der Waals surface area contributed by atoms with Crippen molar-refractivity contribution in [2.24, 2.45) is 0 Å². The number of methoxy groups -OCH3 is 1. The van der Waals surface area contributed by atoms with Crippen LogP contribution in [0.3, 0.4) is 0 Å². The Balaban J connectivity index is 2.40. The lowest BCUT2D eigenvalue weighted by Gasteiger charge is -2.11. The molecule has 4 heteroatoms. The van der Waals surface area contributed by atoms with Crippen LogP contribution in [0.5, 0.6) is 5.75 Å². The number of fused-ring (bicyclic) bond motifs is 1. The van der Waals surface area contributed by atoms with Gasteiger partial charge in [-0.05, 0) is 61.5 Å². The minimum atomic E-state index is 0.675. The summed E-state index contributed by atoms with van der Waals surface area (Å²) in [5, 5.41) is 0. The summed E-state index contributed by atoms with van der Waals surface area (Å²) in [6.07, 6.45) is 0. The molecule has 0 spiro atoms. The van der Waals surface area contributed by atoms with Crippen molar-refractivity contribution in [1.82, 2.24) is 9.55 Å². The molecule has 0 saturated heterocycles. The third kappa shape index (κ3) is 2.02. The van der Waals surface area contributed by atoms with Crippen molar-refractivity contribution in [3.8, 4) is 11.4 Å². The second kappa shape index (κ2) is 4.80. The number of aromatic amines is 1. The molecular formula is C16H16N2OS. The van der Waals surface area contributed by atoms with Gasteiger partial charge in [-0.15, -0.1) is 0 Å². The molecule has 0 unspecified atom stereocenters. The van der Waals surface area contributed by atoms with Crippen molar-refractivity contribution < 1.29 is 4.74 Å². The van der Waals surface area contributed by atoms with E-state index in [0.717, 1.165) is 22.5 Å².